The van der Waals surface area contributed by atoms with Crippen molar-refractivity contribution in [2.24, 2.45) is 5.73 Å². The minimum atomic E-state index is -0.101. The predicted molar refractivity (Wildman–Crippen MR) is 97.1 cm³/mol. The molecule has 7 heteroatoms. The van der Waals surface area contributed by atoms with Crippen LogP contribution < -0.4 is 16.4 Å². The number of carbonyl (C=O) groups excluding carboxylic acids is 2. The molecule has 0 fully saturated rings. The van der Waals surface area contributed by atoms with Crippen LogP contribution in [0.1, 0.15) is 30.4 Å². The Labute approximate surface area is 149 Å². The molecule has 0 saturated carbocycles. The Kier molecular flexibility index (Phi) is 9.19. The third kappa shape index (κ3) is 6.37. The number of nitrogens with two attached hydrogens (primary N) is 1. The number of rotatable bonds is 7. The number of hydrogen-bond acceptors (Lipinski definition) is 3. The molecule has 0 saturated heterocycles. The maximum Gasteiger partial charge on any atom is 0.317 e. The minimum Gasteiger partial charge on any atom is -0.356 e. The molecule has 0 aliphatic carbocycles. The van der Waals surface area contributed by atoms with E-state index in [0.29, 0.717) is 39.1 Å². The summed E-state index contributed by atoms with van der Waals surface area (Å²) in [7, 11) is 0. The fourth-order valence-corrected chi connectivity index (χ4v) is 2.65. The van der Waals surface area contributed by atoms with Gasteiger partial charge in [0.15, 0.2) is 0 Å². The lowest BCUT2D eigenvalue weighted by Gasteiger charge is -2.28. The van der Waals surface area contributed by atoms with Gasteiger partial charge in [-0.25, -0.2) is 4.79 Å². The molecule has 2 rings (SSSR count). The van der Waals surface area contributed by atoms with Crippen molar-refractivity contribution in [2.75, 3.05) is 26.2 Å². The second-order valence-corrected chi connectivity index (χ2v) is 5.77. The van der Waals surface area contributed by atoms with Gasteiger partial charge in [-0.3, -0.25) is 4.79 Å². The predicted octanol–water partition coefficient (Wildman–Crippen LogP) is 1.42. The number of benzene rings is 1. The molecule has 0 aromatic heterocycles. The van der Waals surface area contributed by atoms with E-state index in [-0.39, 0.29) is 24.3 Å². The first-order valence-electron chi connectivity index (χ1n) is 8.27. The van der Waals surface area contributed by atoms with E-state index in [2.05, 4.69) is 22.8 Å². The van der Waals surface area contributed by atoms with E-state index in [0.717, 1.165) is 19.3 Å². The molecule has 1 aliphatic heterocycles. The van der Waals surface area contributed by atoms with Crippen LogP contribution in [0.15, 0.2) is 24.3 Å². The molecule has 24 heavy (non-hydrogen) atoms. The van der Waals surface area contributed by atoms with Gasteiger partial charge >= 0.3 is 6.03 Å². The topological polar surface area (TPSA) is 87.5 Å². The van der Waals surface area contributed by atoms with E-state index in [1.165, 1.54) is 11.1 Å². The van der Waals surface area contributed by atoms with Crippen LogP contribution in [0.3, 0.4) is 0 Å². The largest absolute Gasteiger partial charge is 0.356 e. The van der Waals surface area contributed by atoms with Crippen LogP contribution in [0.25, 0.3) is 0 Å². The molecule has 1 aromatic carbocycles. The van der Waals surface area contributed by atoms with E-state index in [1.807, 2.05) is 12.1 Å². The highest BCUT2D eigenvalue weighted by molar-refractivity contribution is 5.85. The van der Waals surface area contributed by atoms with Gasteiger partial charge < -0.3 is 21.3 Å². The molecule has 6 nitrogen and oxygen atoms in total. The Hall–Kier alpha value is -1.79. The maximum atomic E-state index is 12.2. The van der Waals surface area contributed by atoms with Gasteiger partial charge in [-0.15, -0.1) is 12.4 Å². The molecule has 134 valence electrons. The summed E-state index contributed by atoms with van der Waals surface area (Å²) in [6.07, 6.45) is 2.99. The zero-order valence-electron chi connectivity index (χ0n) is 13.9. The molecule has 0 unspecified atom stereocenters. The third-order valence-electron chi connectivity index (χ3n) is 4.00. The van der Waals surface area contributed by atoms with E-state index in [4.69, 9.17) is 5.73 Å². The lowest BCUT2D eigenvalue weighted by Crippen LogP contribution is -2.43. The Morgan fingerprint density at radius 2 is 1.83 bits per heavy atom. The van der Waals surface area contributed by atoms with Crippen LogP contribution in [0.4, 0.5) is 4.79 Å². The van der Waals surface area contributed by atoms with E-state index in [1.54, 1.807) is 4.90 Å². The summed E-state index contributed by atoms with van der Waals surface area (Å²) in [6.45, 7) is 3.00. The second-order valence-electron chi connectivity index (χ2n) is 5.77. The van der Waals surface area contributed by atoms with Gasteiger partial charge in [-0.1, -0.05) is 24.3 Å². The van der Waals surface area contributed by atoms with Crippen LogP contribution in [0.2, 0.25) is 0 Å². The quantitative estimate of drug-likeness (QED) is 0.647. The van der Waals surface area contributed by atoms with Crippen LogP contribution in [-0.4, -0.2) is 43.0 Å². The molecule has 1 aliphatic rings. The molecule has 1 aromatic rings. The van der Waals surface area contributed by atoms with Crippen molar-refractivity contribution in [3.8, 4) is 0 Å². The van der Waals surface area contributed by atoms with E-state index < -0.39 is 0 Å². The van der Waals surface area contributed by atoms with Crippen molar-refractivity contribution >= 4 is 24.3 Å². The number of carbonyl (C=O) groups is 2. The highest BCUT2D eigenvalue weighted by Crippen LogP contribution is 2.18. The highest BCUT2D eigenvalue weighted by Gasteiger charge is 2.19. The highest BCUT2D eigenvalue weighted by atomic mass is 35.5. The lowest BCUT2D eigenvalue weighted by atomic mass is 10.0. The number of amides is 3. The fourth-order valence-electron chi connectivity index (χ4n) is 2.65. The summed E-state index contributed by atoms with van der Waals surface area (Å²) in [6, 6.07) is 8.09. The average Bonchev–Trinajstić information content (AvgIpc) is 2.58. The molecule has 0 atom stereocenters. The smallest absolute Gasteiger partial charge is 0.317 e. The average molecular weight is 355 g/mol. The fraction of sp³-hybridized carbons (Fsp3) is 0.529. The molecular formula is C17H27ClN4O2. The molecule has 3 amide bonds. The second kappa shape index (κ2) is 10.9. The monoisotopic (exact) mass is 354 g/mol. The first kappa shape index (κ1) is 20.3. The van der Waals surface area contributed by atoms with Crippen LogP contribution in [0.5, 0.6) is 0 Å². The SMILES string of the molecule is Cl.NCCCCNC(=O)CCNC(=O)N1CCc2ccccc2C1. The summed E-state index contributed by atoms with van der Waals surface area (Å²) in [5.41, 5.74) is 7.91. The van der Waals surface area contributed by atoms with E-state index in [9.17, 15) is 9.59 Å². The van der Waals surface area contributed by atoms with Crippen LogP contribution in [-0.2, 0) is 17.8 Å². The number of hydrogen-bond donors (Lipinski definition) is 3. The Bertz CT molecular complexity index is 539. The van der Waals surface area contributed by atoms with Crippen molar-refractivity contribution in [3.05, 3.63) is 35.4 Å². The number of unbranched alkanes of at least 4 members (excludes halogenated alkanes) is 1. The zero-order chi connectivity index (χ0) is 16.5. The molecule has 0 bridgehead atoms. The Morgan fingerprint density at radius 1 is 1.08 bits per heavy atom. The Balaban J connectivity index is 0.00000288. The number of urea groups is 1. The molecule has 4 N–H and O–H groups in total. The summed E-state index contributed by atoms with van der Waals surface area (Å²) >= 11 is 0. The van der Waals surface area contributed by atoms with Gasteiger partial charge in [-0.2, -0.15) is 0 Å². The minimum absolute atomic E-state index is 0. The van der Waals surface area contributed by atoms with Gasteiger partial charge in [0, 0.05) is 32.6 Å². The zero-order valence-corrected chi connectivity index (χ0v) is 14.7. The van der Waals surface area contributed by atoms with Gasteiger partial charge in [0.2, 0.25) is 5.91 Å². The normalized spacial score (nSPS) is 12.8. The molecule has 0 spiro atoms. The Morgan fingerprint density at radius 3 is 2.58 bits per heavy atom. The van der Waals surface area contributed by atoms with Crippen molar-refractivity contribution in [1.82, 2.24) is 15.5 Å². The van der Waals surface area contributed by atoms with Gasteiger partial charge in [0.05, 0.1) is 0 Å². The van der Waals surface area contributed by atoms with Gasteiger partial charge in [-0.05, 0) is 36.9 Å². The summed E-state index contributed by atoms with van der Waals surface area (Å²) in [4.78, 5) is 25.6. The summed E-state index contributed by atoms with van der Waals surface area (Å²) < 4.78 is 0. The lowest BCUT2D eigenvalue weighted by molar-refractivity contribution is -0.120. The summed E-state index contributed by atoms with van der Waals surface area (Å²) in [5.74, 6) is -0.0358. The van der Waals surface area contributed by atoms with E-state index >= 15 is 0 Å². The van der Waals surface area contributed by atoms with Crippen molar-refractivity contribution in [1.29, 1.82) is 0 Å². The maximum absolute atomic E-state index is 12.2. The van der Waals surface area contributed by atoms with Gasteiger partial charge in [0.25, 0.3) is 0 Å². The number of nitrogens with zero attached hydrogens (tertiary/aromatic N) is 1. The standard InChI is InChI=1S/C17H26N4O2.ClH/c18-9-3-4-10-19-16(22)7-11-20-17(23)21-12-8-14-5-1-2-6-15(14)13-21;/h1-2,5-6H,3-4,7-13,18H2,(H,19,22)(H,20,23);1H. The van der Waals surface area contributed by atoms with Crippen molar-refractivity contribution < 1.29 is 9.59 Å². The molecule has 1 heterocycles. The van der Waals surface area contributed by atoms with Crippen molar-refractivity contribution in [3.63, 3.8) is 0 Å². The molecular weight excluding hydrogens is 328 g/mol. The van der Waals surface area contributed by atoms with Gasteiger partial charge in [0.1, 0.15) is 0 Å². The number of fused-ring (bicyclic) bond motifs is 1. The van der Waals surface area contributed by atoms with Crippen LogP contribution >= 0.6 is 12.4 Å². The van der Waals surface area contributed by atoms with Crippen molar-refractivity contribution in [2.45, 2.75) is 32.2 Å². The van der Waals surface area contributed by atoms with Crippen LogP contribution in [0, 0.1) is 0 Å². The summed E-state index contributed by atoms with van der Waals surface area (Å²) in [5, 5.41) is 5.65. The third-order valence-corrected chi connectivity index (χ3v) is 4.00. The number of halogens is 1. The first-order valence-corrected chi connectivity index (χ1v) is 8.27. The molecule has 0 radical (unpaired) electrons. The number of nitrogens with one attached hydrogen (secondary N) is 2. The first-order chi connectivity index (χ1) is 11.2.